The summed E-state index contributed by atoms with van der Waals surface area (Å²) in [6.45, 7) is 5.63. The zero-order chi connectivity index (χ0) is 30.2. The standard InChI is InChI=1S/C31H39FN4O4S/c1-23(2)20-33-31(38)29(19-25-14-7-6-8-15-25)35(21-26-16-10-9-13-24(26)3)30(37)22-36(41(39,40)34(4)5)28-18-12-11-17-27(28)32/h6-18,23,29H,19-22H2,1-5H3,(H,33,38)/t29-/m1/s1. The predicted octanol–water partition coefficient (Wildman–Crippen LogP) is 4.16. The first kappa shape index (κ1) is 31.8. The summed E-state index contributed by atoms with van der Waals surface area (Å²) < 4.78 is 43.3. The average Bonchev–Trinajstić information content (AvgIpc) is 2.94. The first-order valence-electron chi connectivity index (χ1n) is 13.5. The number of carbonyl (C=O) groups excluding carboxylic acids is 2. The summed E-state index contributed by atoms with van der Waals surface area (Å²) in [5.74, 6) is -1.59. The van der Waals surface area contributed by atoms with Crippen LogP contribution in [0.1, 0.15) is 30.5 Å². The number of hydrogen-bond donors (Lipinski definition) is 1. The summed E-state index contributed by atoms with van der Waals surface area (Å²) in [6.07, 6.45) is 0.211. The Labute approximate surface area is 243 Å². The Hall–Kier alpha value is -3.76. The number of carbonyl (C=O) groups is 2. The molecule has 0 aliphatic heterocycles. The highest BCUT2D eigenvalue weighted by Crippen LogP contribution is 2.24. The van der Waals surface area contributed by atoms with Crippen LogP contribution in [0.5, 0.6) is 0 Å². The van der Waals surface area contributed by atoms with Gasteiger partial charge in [0, 0.05) is 33.6 Å². The lowest BCUT2D eigenvalue weighted by Gasteiger charge is -2.34. The van der Waals surface area contributed by atoms with Crippen LogP contribution in [-0.4, -0.2) is 62.7 Å². The van der Waals surface area contributed by atoms with E-state index in [4.69, 9.17) is 0 Å². The van der Waals surface area contributed by atoms with E-state index >= 15 is 0 Å². The minimum atomic E-state index is -4.27. The number of halogens is 1. The second kappa shape index (κ2) is 14.2. The SMILES string of the molecule is Cc1ccccc1CN(C(=O)CN(c1ccccc1F)S(=O)(=O)N(C)C)[C@H](Cc1ccccc1)C(=O)NCC(C)C. The number of benzene rings is 3. The molecule has 3 aromatic rings. The molecule has 0 aromatic heterocycles. The van der Waals surface area contributed by atoms with E-state index < -0.39 is 34.5 Å². The van der Waals surface area contributed by atoms with Crippen molar-refractivity contribution in [1.29, 1.82) is 0 Å². The third-order valence-corrected chi connectivity index (χ3v) is 8.50. The van der Waals surface area contributed by atoms with E-state index in [1.54, 1.807) is 0 Å². The molecule has 0 aliphatic carbocycles. The number of nitrogens with one attached hydrogen (secondary N) is 1. The second-order valence-corrected chi connectivity index (χ2v) is 12.6. The maximum absolute atomic E-state index is 14.9. The third kappa shape index (κ3) is 8.37. The van der Waals surface area contributed by atoms with Gasteiger partial charge in [-0.3, -0.25) is 9.59 Å². The molecule has 0 radical (unpaired) electrons. The smallest absolute Gasteiger partial charge is 0.304 e. The van der Waals surface area contributed by atoms with Crippen LogP contribution < -0.4 is 9.62 Å². The maximum atomic E-state index is 14.9. The molecule has 0 heterocycles. The molecule has 41 heavy (non-hydrogen) atoms. The van der Waals surface area contributed by atoms with Gasteiger partial charge in [-0.2, -0.15) is 12.7 Å². The van der Waals surface area contributed by atoms with E-state index in [0.29, 0.717) is 6.54 Å². The number of amides is 2. The molecule has 0 bridgehead atoms. The van der Waals surface area contributed by atoms with E-state index in [9.17, 15) is 22.4 Å². The van der Waals surface area contributed by atoms with Crippen LogP contribution in [0.2, 0.25) is 0 Å². The van der Waals surface area contributed by atoms with Gasteiger partial charge in [0.05, 0.1) is 5.69 Å². The summed E-state index contributed by atoms with van der Waals surface area (Å²) in [4.78, 5) is 29.3. The van der Waals surface area contributed by atoms with Gasteiger partial charge in [-0.1, -0.05) is 80.6 Å². The first-order valence-corrected chi connectivity index (χ1v) is 14.9. The number of para-hydroxylation sites is 1. The van der Waals surface area contributed by atoms with Crippen LogP contribution in [0.4, 0.5) is 10.1 Å². The van der Waals surface area contributed by atoms with Gasteiger partial charge in [-0.05, 0) is 41.7 Å². The molecule has 0 unspecified atom stereocenters. The monoisotopic (exact) mass is 582 g/mol. The summed E-state index contributed by atoms with van der Waals surface area (Å²) in [5, 5.41) is 2.95. The van der Waals surface area contributed by atoms with Crippen molar-refractivity contribution in [3.05, 3.63) is 101 Å². The zero-order valence-corrected chi connectivity index (χ0v) is 25.1. The first-order chi connectivity index (χ1) is 19.4. The van der Waals surface area contributed by atoms with E-state index in [-0.39, 0.29) is 30.5 Å². The molecule has 3 aromatic carbocycles. The third-order valence-electron chi connectivity index (χ3n) is 6.70. The van der Waals surface area contributed by atoms with Gasteiger partial charge in [0.25, 0.3) is 0 Å². The van der Waals surface area contributed by atoms with Gasteiger partial charge in [-0.25, -0.2) is 8.70 Å². The Morgan fingerprint density at radius 1 is 0.902 bits per heavy atom. The predicted molar refractivity (Wildman–Crippen MR) is 160 cm³/mol. The molecule has 1 atom stereocenters. The number of hydrogen-bond acceptors (Lipinski definition) is 4. The highest BCUT2D eigenvalue weighted by atomic mass is 32.2. The van der Waals surface area contributed by atoms with E-state index in [0.717, 1.165) is 31.4 Å². The normalized spacial score (nSPS) is 12.3. The fraction of sp³-hybridized carbons (Fsp3) is 0.355. The lowest BCUT2D eigenvalue weighted by atomic mass is 10.0. The molecule has 3 rings (SSSR count). The molecule has 0 saturated carbocycles. The van der Waals surface area contributed by atoms with E-state index in [1.165, 1.54) is 37.2 Å². The van der Waals surface area contributed by atoms with Crippen molar-refractivity contribution in [2.75, 3.05) is 31.5 Å². The van der Waals surface area contributed by atoms with Crippen molar-refractivity contribution in [2.45, 2.75) is 39.8 Å². The van der Waals surface area contributed by atoms with E-state index in [1.807, 2.05) is 75.4 Å². The van der Waals surface area contributed by atoms with Gasteiger partial charge in [0.2, 0.25) is 11.8 Å². The van der Waals surface area contributed by atoms with Gasteiger partial charge >= 0.3 is 10.2 Å². The fourth-order valence-corrected chi connectivity index (χ4v) is 5.37. The highest BCUT2D eigenvalue weighted by molar-refractivity contribution is 7.90. The molecular weight excluding hydrogens is 543 g/mol. The summed E-state index contributed by atoms with van der Waals surface area (Å²) in [5.41, 5.74) is 2.31. The highest BCUT2D eigenvalue weighted by Gasteiger charge is 2.35. The van der Waals surface area contributed by atoms with Crippen LogP contribution in [0, 0.1) is 18.7 Å². The molecule has 220 valence electrons. The van der Waals surface area contributed by atoms with Crippen molar-refractivity contribution in [2.24, 2.45) is 5.92 Å². The van der Waals surface area contributed by atoms with Crippen molar-refractivity contribution >= 4 is 27.7 Å². The van der Waals surface area contributed by atoms with Crippen LogP contribution in [0.25, 0.3) is 0 Å². The topological polar surface area (TPSA) is 90.0 Å². The molecule has 0 aliphatic rings. The van der Waals surface area contributed by atoms with Gasteiger partial charge in [-0.15, -0.1) is 0 Å². The molecule has 0 spiro atoms. The fourth-order valence-electron chi connectivity index (χ4n) is 4.30. The summed E-state index contributed by atoms with van der Waals surface area (Å²) in [7, 11) is -1.64. The van der Waals surface area contributed by atoms with Crippen molar-refractivity contribution in [3.63, 3.8) is 0 Å². The van der Waals surface area contributed by atoms with Crippen molar-refractivity contribution in [1.82, 2.24) is 14.5 Å². The van der Waals surface area contributed by atoms with Crippen LogP contribution >= 0.6 is 0 Å². The second-order valence-electron chi connectivity index (χ2n) is 10.5. The molecule has 8 nitrogen and oxygen atoms in total. The van der Waals surface area contributed by atoms with Crippen LogP contribution in [-0.2, 0) is 32.8 Å². The minimum absolute atomic E-state index is 0.0607. The maximum Gasteiger partial charge on any atom is 0.304 e. The molecule has 0 fully saturated rings. The summed E-state index contributed by atoms with van der Waals surface area (Å²) in [6, 6.07) is 21.3. The summed E-state index contributed by atoms with van der Waals surface area (Å²) >= 11 is 0. The Morgan fingerprint density at radius 2 is 1.51 bits per heavy atom. The quantitative estimate of drug-likeness (QED) is 0.328. The largest absolute Gasteiger partial charge is 0.354 e. The Morgan fingerprint density at radius 3 is 2.12 bits per heavy atom. The number of aryl methyl sites for hydroxylation is 1. The van der Waals surface area contributed by atoms with E-state index in [2.05, 4.69) is 5.32 Å². The molecule has 1 N–H and O–H groups in total. The van der Waals surface area contributed by atoms with Crippen LogP contribution in [0.15, 0.2) is 78.9 Å². The van der Waals surface area contributed by atoms with Gasteiger partial charge in [0.15, 0.2) is 0 Å². The zero-order valence-electron chi connectivity index (χ0n) is 24.2. The van der Waals surface area contributed by atoms with Gasteiger partial charge in [0.1, 0.15) is 18.4 Å². The lowest BCUT2D eigenvalue weighted by molar-refractivity contribution is -0.140. The van der Waals surface area contributed by atoms with Crippen molar-refractivity contribution in [3.8, 4) is 0 Å². The molecule has 0 saturated heterocycles. The Bertz CT molecular complexity index is 1430. The molecule has 2 amide bonds. The van der Waals surface area contributed by atoms with Crippen LogP contribution in [0.3, 0.4) is 0 Å². The van der Waals surface area contributed by atoms with Crippen molar-refractivity contribution < 1.29 is 22.4 Å². The number of anilines is 1. The Balaban J connectivity index is 2.11. The lowest BCUT2D eigenvalue weighted by Crippen LogP contribution is -2.54. The Kier molecular flexibility index (Phi) is 11.0. The molecule has 10 heteroatoms. The molecular formula is C31H39FN4O4S. The minimum Gasteiger partial charge on any atom is -0.354 e. The number of nitrogens with zero attached hydrogens (tertiary/aromatic N) is 3. The average molecular weight is 583 g/mol. The number of rotatable bonds is 13. The van der Waals surface area contributed by atoms with Gasteiger partial charge < -0.3 is 10.2 Å².